The molecule has 0 spiro atoms. The van der Waals surface area contributed by atoms with Crippen molar-refractivity contribution in [3.63, 3.8) is 0 Å². The molecule has 0 aromatic heterocycles. The van der Waals surface area contributed by atoms with E-state index in [4.69, 9.17) is 5.11 Å². The van der Waals surface area contributed by atoms with Gasteiger partial charge < -0.3 is 5.11 Å². The fraction of sp³-hybridized carbons (Fsp3) is 0.100. The number of alkyl halides is 3. The average molecular weight is 234 g/mol. The normalized spacial score (nSPS) is 12.6. The number of hydrogen-bond donors (Lipinski definition) is 1. The van der Waals surface area contributed by atoms with E-state index in [0.29, 0.717) is 6.08 Å². The third kappa shape index (κ3) is 3.08. The van der Waals surface area contributed by atoms with Gasteiger partial charge in [0.1, 0.15) is 0 Å². The van der Waals surface area contributed by atoms with Crippen LogP contribution in [0.25, 0.3) is 6.08 Å². The van der Waals surface area contributed by atoms with E-state index < -0.39 is 23.5 Å². The van der Waals surface area contributed by atoms with Crippen molar-refractivity contribution in [2.45, 2.75) is 6.18 Å². The van der Waals surface area contributed by atoms with Crippen molar-refractivity contribution < 1.29 is 27.5 Å². The first-order valence-corrected chi connectivity index (χ1v) is 4.08. The summed E-state index contributed by atoms with van der Waals surface area (Å²) in [4.78, 5) is 10.1. The Morgan fingerprint density at radius 3 is 2.06 bits per heavy atom. The number of rotatable bonds is 2. The zero-order valence-electron chi connectivity index (χ0n) is 7.75. The van der Waals surface area contributed by atoms with Crippen LogP contribution in [0.1, 0.15) is 11.1 Å². The fourth-order valence-electron chi connectivity index (χ4n) is 0.976. The summed E-state index contributed by atoms with van der Waals surface area (Å²) in [7, 11) is 0. The maximum atomic E-state index is 12.6. The summed E-state index contributed by atoms with van der Waals surface area (Å²) in [5, 5.41) is 8.20. The van der Waals surface area contributed by atoms with Crippen molar-refractivity contribution in [2.75, 3.05) is 0 Å². The van der Waals surface area contributed by atoms with Crippen molar-refractivity contribution in [1.82, 2.24) is 0 Å². The highest BCUT2D eigenvalue weighted by molar-refractivity contribution is 5.89. The second kappa shape index (κ2) is 4.34. The topological polar surface area (TPSA) is 37.3 Å². The van der Waals surface area contributed by atoms with E-state index in [1.807, 2.05) is 0 Å². The van der Waals surface area contributed by atoms with Gasteiger partial charge in [0, 0.05) is 0 Å². The van der Waals surface area contributed by atoms with Crippen molar-refractivity contribution in [3.05, 3.63) is 41.2 Å². The number of carboxylic acid groups (broad SMARTS) is 1. The minimum Gasteiger partial charge on any atom is -0.476 e. The van der Waals surface area contributed by atoms with Crippen LogP contribution in [0, 0.1) is 0 Å². The predicted octanol–water partition coefficient (Wildman–Crippen LogP) is 3.10. The van der Waals surface area contributed by atoms with Crippen molar-refractivity contribution in [1.29, 1.82) is 0 Å². The van der Waals surface area contributed by atoms with Crippen LogP contribution in [-0.2, 0) is 11.0 Å². The van der Waals surface area contributed by atoms with Gasteiger partial charge in [0.25, 0.3) is 0 Å². The lowest BCUT2D eigenvalue weighted by Crippen LogP contribution is -2.04. The molecule has 16 heavy (non-hydrogen) atoms. The summed E-state index contributed by atoms with van der Waals surface area (Å²) in [6, 6.07) is 3.48. The molecule has 0 aliphatic heterocycles. The van der Waals surface area contributed by atoms with Gasteiger partial charge in [0.05, 0.1) is 5.56 Å². The first kappa shape index (κ1) is 12.2. The molecule has 0 unspecified atom stereocenters. The molecule has 0 heterocycles. The molecule has 86 valence electrons. The van der Waals surface area contributed by atoms with Gasteiger partial charge in [-0.1, -0.05) is 12.1 Å². The lowest BCUT2D eigenvalue weighted by molar-refractivity contribution is -0.137. The minimum absolute atomic E-state index is 0.0490. The molecule has 0 radical (unpaired) electrons. The van der Waals surface area contributed by atoms with Crippen molar-refractivity contribution >= 4 is 12.0 Å². The van der Waals surface area contributed by atoms with Gasteiger partial charge in [-0.25, -0.2) is 4.79 Å². The van der Waals surface area contributed by atoms with E-state index in [1.165, 1.54) is 0 Å². The number of carbonyl (C=O) groups is 1. The molecule has 0 aliphatic carbocycles. The Labute approximate surface area is 87.8 Å². The molecule has 0 saturated carbocycles. The van der Waals surface area contributed by atoms with Crippen LogP contribution in [0.2, 0.25) is 0 Å². The Kier molecular flexibility index (Phi) is 3.31. The highest BCUT2D eigenvalue weighted by Crippen LogP contribution is 2.29. The summed E-state index contributed by atoms with van der Waals surface area (Å²) in [6.45, 7) is 0. The number of aliphatic carboxylic acids is 1. The molecule has 2 nitrogen and oxygen atoms in total. The van der Waals surface area contributed by atoms with Gasteiger partial charge in [0.15, 0.2) is 0 Å². The van der Waals surface area contributed by atoms with E-state index in [-0.39, 0.29) is 5.56 Å². The van der Waals surface area contributed by atoms with Gasteiger partial charge in [-0.05, 0) is 23.8 Å². The Morgan fingerprint density at radius 2 is 1.69 bits per heavy atom. The van der Waals surface area contributed by atoms with Gasteiger partial charge in [-0.2, -0.15) is 17.6 Å². The SMILES string of the molecule is O=C(O)/C(F)=C/c1ccc(C(F)(F)F)cc1. The molecular weight excluding hydrogens is 228 g/mol. The van der Waals surface area contributed by atoms with Crippen LogP contribution < -0.4 is 0 Å². The first-order valence-electron chi connectivity index (χ1n) is 4.08. The molecule has 6 heteroatoms. The van der Waals surface area contributed by atoms with Crippen LogP contribution in [0.3, 0.4) is 0 Å². The lowest BCUT2D eigenvalue weighted by atomic mass is 10.1. The van der Waals surface area contributed by atoms with Crippen molar-refractivity contribution in [3.8, 4) is 0 Å². The van der Waals surface area contributed by atoms with Crippen LogP contribution in [0.4, 0.5) is 17.6 Å². The Morgan fingerprint density at radius 1 is 1.19 bits per heavy atom. The summed E-state index contributed by atoms with van der Waals surface area (Å²) in [5.74, 6) is -3.19. The second-order valence-corrected chi connectivity index (χ2v) is 2.92. The van der Waals surface area contributed by atoms with Gasteiger partial charge >= 0.3 is 12.1 Å². The minimum atomic E-state index is -4.46. The Balaban J connectivity index is 2.97. The largest absolute Gasteiger partial charge is 0.476 e. The average Bonchev–Trinajstić information content (AvgIpc) is 2.17. The molecule has 1 aromatic rings. The molecule has 1 rings (SSSR count). The molecule has 0 aliphatic rings. The fourth-order valence-corrected chi connectivity index (χ4v) is 0.976. The van der Waals surface area contributed by atoms with Gasteiger partial charge in [0.2, 0.25) is 5.83 Å². The van der Waals surface area contributed by atoms with E-state index in [9.17, 15) is 22.4 Å². The third-order valence-electron chi connectivity index (χ3n) is 1.74. The van der Waals surface area contributed by atoms with Gasteiger partial charge in [-0.3, -0.25) is 0 Å². The van der Waals surface area contributed by atoms with Crippen molar-refractivity contribution in [2.24, 2.45) is 0 Å². The van der Waals surface area contributed by atoms with Crippen LogP contribution in [-0.4, -0.2) is 11.1 Å². The van der Waals surface area contributed by atoms with E-state index in [1.54, 1.807) is 0 Å². The number of benzene rings is 1. The zero-order chi connectivity index (χ0) is 12.3. The highest BCUT2D eigenvalue weighted by Gasteiger charge is 2.29. The summed E-state index contributed by atoms with van der Waals surface area (Å²) < 4.78 is 49.0. The van der Waals surface area contributed by atoms with E-state index in [2.05, 4.69) is 0 Å². The lowest BCUT2D eigenvalue weighted by Gasteiger charge is -2.05. The monoisotopic (exact) mass is 234 g/mol. The molecule has 0 fully saturated rings. The summed E-state index contributed by atoms with van der Waals surface area (Å²) in [5.41, 5.74) is -0.826. The number of halogens is 4. The predicted molar refractivity (Wildman–Crippen MR) is 48.2 cm³/mol. The van der Waals surface area contributed by atoms with Crippen LogP contribution in [0.5, 0.6) is 0 Å². The highest BCUT2D eigenvalue weighted by atomic mass is 19.4. The maximum absolute atomic E-state index is 12.6. The van der Waals surface area contributed by atoms with Crippen LogP contribution >= 0.6 is 0 Å². The zero-order valence-corrected chi connectivity index (χ0v) is 7.75. The molecule has 1 N–H and O–H groups in total. The number of carboxylic acids is 1. The second-order valence-electron chi connectivity index (χ2n) is 2.92. The van der Waals surface area contributed by atoms with E-state index >= 15 is 0 Å². The quantitative estimate of drug-likeness (QED) is 0.630. The molecule has 0 saturated heterocycles. The third-order valence-corrected chi connectivity index (χ3v) is 1.74. The van der Waals surface area contributed by atoms with E-state index in [0.717, 1.165) is 24.3 Å². The Hall–Kier alpha value is -1.85. The number of hydrogen-bond acceptors (Lipinski definition) is 1. The summed E-state index contributed by atoms with van der Waals surface area (Å²) >= 11 is 0. The standard InChI is InChI=1S/C10H6F4O2/c11-8(9(15)16)5-6-1-3-7(4-2-6)10(12,13)14/h1-5H,(H,15,16)/b8-5-. The first-order chi connectivity index (χ1) is 7.30. The molecule has 0 atom stereocenters. The molecule has 0 amide bonds. The molecule has 0 bridgehead atoms. The molecular formula is C10H6F4O2. The Bertz CT molecular complexity index is 417. The van der Waals surface area contributed by atoms with Gasteiger partial charge in [-0.15, -0.1) is 0 Å². The molecule has 1 aromatic carbocycles. The maximum Gasteiger partial charge on any atom is 0.416 e. The van der Waals surface area contributed by atoms with Crippen LogP contribution in [0.15, 0.2) is 30.1 Å². The smallest absolute Gasteiger partial charge is 0.416 e. The summed E-state index contributed by atoms with van der Waals surface area (Å²) in [6.07, 6.45) is -3.82.